The van der Waals surface area contributed by atoms with E-state index in [-0.39, 0.29) is 10.7 Å². The molecule has 0 aliphatic carbocycles. The quantitative estimate of drug-likeness (QED) is 0.130. The van der Waals surface area contributed by atoms with Crippen LogP contribution in [-0.4, -0.2) is 31.3 Å². The average Bonchev–Trinajstić information content (AvgIpc) is 2.78. The maximum atomic E-state index is 12.5. The van der Waals surface area contributed by atoms with Gasteiger partial charge >= 0.3 is 6.18 Å². The maximum Gasteiger partial charge on any atom is 0.416 e. The summed E-state index contributed by atoms with van der Waals surface area (Å²) in [6.45, 7) is 0. The fourth-order valence-electron chi connectivity index (χ4n) is 2.68. The zero-order chi connectivity index (χ0) is 25.5. The Balaban J connectivity index is 0.000000219. The molecule has 4 rings (SSSR count). The molecule has 0 fully saturated rings. The first kappa shape index (κ1) is 25.5. The summed E-state index contributed by atoms with van der Waals surface area (Å²) in [6.07, 6.45) is -4.39. The second kappa shape index (κ2) is 11.8. The summed E-state index contributed by atoms with van der Waals surface area (Å²) < 4.78 is 64.1. The van der Waals surface area contributed by atoms with Crippen molar-refractivity contribution in [2.75, 3.05) is 21.4 Å². The molecule has 11 heteroatoms. The number of hydrogen-bond donors (Lipinski definition) is 0. The molecule has 0 spiro atoms. The minimum Gasteiger partial charge on any atom is -0.494 e. The van der Waals surface area contributed by atoms with Crippen molar-refractivity contribution in [3.8, 4) is 11.5 Å². The highest BCUT2D eigenvalue weighted by atomic mass is 127. The highest BCUT2D eigenvalue weighted by molar-refractivity contribution is 14.1. The van der Waals surface area contributed by atoms with Crippen molar-refractivity contribution >= 4 is 67.6 Å². The summed E-state index contributed by atoms with van der Waals surface area (Å²) in [5, 5.41) is 2.02. The lowest BCUT2D eigenvalue weighted by Crippen LogP contribution is -2.04. The third-order valence-electron chi connectivity index (χ3n) is 4.21. The Labute approximate surface area is 212 Å². The zero-order valence-electron chi connectivity index (χ0n) is 18.2. The first-order valence-electron chi connectivity index (χ1n) is 9.61. The van der Waals surface area contributed by atoms with E-state index in [2.05, 4.69) is 32.6 Å². The molecule has 2 heterocycles. The number of pyridine rings is 2. The van der Waals surface area contributed by atoms with Crippen LogP contribution in [0.2, 0.25) is 10.3 Å². The third-order valence-corrected chi connectivity index (χ3v) is 5.42. The molecule has 0 unspecified atom stereocenters. The Morgan fingerprint density at radius 2 is 1.30 bits per heavy atom. The molecule has 176 valence electrons. The van der Waals surface area contributed by atoms with Crippen molar-refractivity contribution in [1.29, 1.82) is 0 Å². The fourth-order valence-corrected chi connectivity index (χ4v) is 3.60. The maximum absolute atomic E-state index is 12.5. The predicted octanol–water partition coefficient (Wildman–Crippen LogP) is 8.00. The molecule has 0 saturated carbocycles. The summed E-state index contributed by atoms with van der Waals surface area (Å²) in [7, 11) is 2.00. The van der Waals surface area contributed by atoms with Gasteiger partial charge < -0.3 is 9.47 Å². The molecule has 0 N–H and O–H groups in total. The molecule has 33 heavy (non-hydrogen) atoms. The Morgan fingerprint density at radius 3 is 1.76 bits per heavy atom. The van der Waals surface area contributed by atoms with E-state index in [1.165, 1.54) is 13.2 Å². The van der Waals surface area contributed by atoms with Crippen LogP contribution in [-0.2, 0) is 6.18 Å². The van der Waals surface area contributed by atoms with E-state index in [1.807, 2.05) is 24.3 Å². The lowest BCUT2D eigenvalue weighted by Gasteiger charge is -2.08. The van der Waals surface area contributed by atoms with Gasteiger partial charge in [0.05, 0.1) is 39.3 Å². The largest absolute Gasteiger partial charge is 0.494 e. The minimum absolute atomic E-state index is 0.0410. The van der Waals surface area contributed by atoms with Gasteiger partial charge in [0.2, 0.25) is 0 Å². The summed E-state index contributed by atoms with van der Waals surface area (Å²) in [4.78, 5) is 8.10. The summed E-state index contributed by atoms with van der Waals surface area (Å²) in [5.41, 5.74) is 0.326. The number of alkyl halides is 4. The SMILES string of the molecule is COc1cc2ccc(C(F)(F)F)cc2nc1Cl.COc1cc2ccc(I)cc2nc1Cl.[2H]CF. The number of methoxy groups -OCH3 is 2. The van der Waals surface area contributed by atoms with Crippen LogP contribution in [0.15, 0.2) is 48.5 Å². The van der Waals surface area contributed by atoms with Crippen molar-refractivity contribution in [2.45, 2.75) is 6.18 Å². The van der Waals surface area contributed by atoms with E-state index < -0.39 is 18.9 Å². The first-order chi connectivity index (χ1) is 16.0. The summed E-state index contributed by atoms with van der Waals surface area (Å²) in [6, 6.07) is 12.7. The Morgan fingerprint density at radius 1 is 0.848 bits per heavy atom. The molecule has 0 radical (unpaired) electrons. The van der Waals surface area contributed by atoms with Gasteiger partial charge in [-0.25, -0.2) is 9.97 Å². The van der Waals surface area contributed by atoms with Gasteiger partial charge in [-0.1, -0.05) is 35.3 Å². The molecule has 0 amide bonds. The van der Waals surface area contributed by atoms with Gasteiger partial charge in [0.15, 0.2) is 21.8 Å². The standard InChI is InChI=1S/C11H7ClF3NO.C10H7ClINO.CH3F/c1-17-9-4-6-2-3-7(11(13,14)15)5-8(6)16-10(9)12;1-14-9-4-6-2-3-7(12)5-8(6)13-10(9)11;1-2/h2-5H,1H3;2-5H,1H3;1H3/i;;1D. The van der Waals surface area contributed by atoms with Gasteiger partial charge in [0.25, 0.3) is 0 Å². The molecule has 2 aromatic heterocycles. The predicted molar refractivity (Wildman–Crippen MR) is 131 cm³/mol. The lowest BCUT2D eigenvalue weighted by atomic mass is 10.1. The molecule has 0 atom stereocenters. The smallest absolute Gasteiger partial charge is 0.416 e. The number of hydrogen-bond acceptors (Lipinski definition) is 4. The van der Waals surface area contributed by atoms with E-state index in [4.69, 9.17) is 34.0 Å². The van der Waals surface area contributed by atoms with Crippen molar-refractivity contribution in [1.82, 2.24) is 9.97 Å². The zero-order valence-corrected chi connectivity index (χ0v) is 20.9. The molecular weight excluding hydrogens is 598 g/mol. The molecule has 4 aromatic rings. The van der Waals surface area contributed by atoms with Crippen LogP contribution >= 0.6 is 45.8 Å². The highest BCUT2D eigenvalue weighted by Crippen LogP contribution is 2.33. The van der Waals surface area contributed by atoms with Crippen LogP contribution in [0, 0.1) is 3.57 Å². The fraction of sp³-hybridized carbons (Fsp3) is 0.182. The Kier molecular flexibility index (Phi) is 9.16. The average molecular weight is 616 g/mol. The number of halogens is 7. The van der Waals surface area contributed by atoms with E-state index >= 15 is 0 Å². The number of benzene rings is 2. The Hall–Kier alpha value is -2.11. The van der Waals surface area contributed by atoms with Crippen LogP contribution < -0.4 is 9.47 Å². The molecule has 0 aliphatic heterocycles. The van der Waals surface area contributed by atoms with E-state index in [0.717, 1.165) is 26.6 Å². The second-order valence-electron chi connectivity index (χ2n) is 6.21. The van der Waals surface area contributed by atoms with Gasteiger partial charge in [-0.05, 0) is 59.0 Å². The van der Waals surface area contributed by atoms with Crippen molar-refractivity contribution < 1.29 is 28.4 Å². The second-order valence-corrected chi connectivity index (χ2v) is 8.17. The number of ether oxygens (including phenoxy) is 2. The van der Waals surface area contributed by atoms with E-state index in [1.54, 1.807) is 13.2 Å². The number of fused-ring (bicyclic) bond motifs is 2. The van der Waals surface area contributed by atoms with Crippen LogP contribution in [0.5, 0.6) is 11.5 Å². The molecule has 0 bridgehead atoms. The van der Waals surface area contributed by atoms with Crippen molar-refractivity contribution in [3.63, 3.8) is 0 Å². The summed E-state index contributed by atoms with van der Waals surface area (Å²) in [5.74, 6) is 0.944. The van der Waals surface area contributed by atoms with Crippen molar-refractivity contribution in [3.05, 3.63) is 68.0 Å². The molecule has 0 aliphatic rings. The monoisotopic (exact) mass is 615 g/mol. The topological polar surface area (TPSA) is 44.2 Å². The molecule has 2 aromatic carbocycles. The molecule has 0 saturated heterocycles. The molecule has 4 nitrogen and oxygen atoms in total. The Bertz CT molecular complexity index is 1280. The van der Waals surface area contributed by atoms with Crippen LogP contribution in [0.1, 0.15) is 6.93 Å². The highest BCUT2D eigenvalue weighted by Gasteiger charge is 2.30. The van der Waals surface area contributed by atoms with Crippen molar-refractivity contribution in [2.24, 2.45) is 0 Å². The van der Waals surface area contributed by atoms with Crippen LogP contribution in [0.3, 0.4) is 0 Å². The van der Waals surface area contributed by atoms with Gasteiger partial charge in [-0.2, -0.15) is 13.2 Å². The number of nitrogens with zero attached hydrogens (tertiary/aromatic N) is 2. The van der Waals surface area contributed by atoms with Gasteiger partial charge in [-0.3, -0.25) is 4.39 Å². The molecular formula is C22H17Cl2F4IN2O2. The third kappa shape index (κ3) is 6.94. The van der Waals surface area contributed by atoms with Crippen LogP contribution in [0.25, 0.3) is 21.8 Å². The summed E-state index contributed by atoms with van der Waals surface area (Å²) >= 11 is 13.9. The van der Waals surface area contributed by atoms with E-state index in [9.17, 15) is 17.6 Å². The van der Waals surface area contributed by atoms with Crippen LogP contribution in [0.4, 0.5) is 17.6 Å². The normalized spacial score (nSPS) is 11.1. The van der Waals surface area contributed by atoms with Gasteiger partial charge in [0.1, 0.15) is 0 Å². The lowest BCUT2D eigenvalue weighted by molar-refractivity contribution is -0.137. The minimum atomic E-state index is -4.39. The first-order valence-corrected chi connectivity index (χ1v) is 10.7. The van der Waals surface area contributed by atoms with Gasteiger partial charge in [-0.15, -0.1) is 0 Å². The van der Waals surface area contributed by atoms with Gasteiger partial charge in [0, 0.05) is 14.3 Å². The van der Waals surface area contributed by atoms with E-state index in [0.29, 0.717) is 22.0 Å². The number of aromatic nitrogens is 2. The number of rotatable bonds is 2.